The van der Waals surface area contributed by atoms with Crippen molar-refractivity contribution < 1.29 is 13.5 Å². The van der Waals surface area contributed by atoms with Gasteiger partial charge in [0.1, 0.15) is 0 Å². The molecule has 2 unspecified atom stereocenters. The van der Waals surface area contributed by atoms with Crippen LogP contribution >= 0.6 is 0 Å². The Balaban J connectivity index is 1.19. The molecule has 2 aliphatic carbocycles. The van der Waals surface area contributed by atoms with E-state index in [0.29, 0.717) is 23.1 Å². The first-order valence-corrected chi connectivity index (χ1v) is 13.6. The Morgan fingerprint density at radius 2 is 1.47 bits per heavy atom. The number of rotatable bonds is 7. The van der Waals surface area contributed by atoms with E-state index in [-0.39, 0.29) is 5.92 Å². The first-order chi connectivity index (χ1) is 15.6. The summed E-state index contributed by atoms with van der Waals surface area (Å²) in [5, 5.41) is 0. The van der Waals surface area contributed by atoms with Gasteiger partial charge in [-0.05, 0) is 99.0 Å². The molecule has 0 N–H and O–H groups in total. The third-order valence-electron chi connectivity index (χ3n) is 9.16. The van der Waals surface area contributed by atoms with Gasteiger partial charge in [0.05, 0.1) is 12.7 Å². The van der Waals surface area contributed by atoms with Crippen molar-refractivity contribution >= 4 is 0 Å². The van der Waals surface area contributed by atoms with E-state index in [1.165, 1.54) is 64.2 Å². The van der Waals surface area contributed by atoms with Crippen molar-refractivity contribution in [1.82, 2.24) is 0 Å². The first-order valence-electron chi connectivity index (χ1n) is 13.6. The molecule has 3 heteroatoms. The Morgan fingerprint density at radius 3 is 2.12 bits per heavy atom. The highest BCUT2D eigenvalue weighted by Gasteiger charge is 2.36. The number of ether oxygens (including phenoxy) is 1. The summed E-state index contributed by atoms with van der Waals surface area (Å²) in [5.74, 6) is 2.10. The van der Waals surface area contributed by atoms with E-state index in [4.69, 9.17) is 4.74 Å². The Labute approximate surface area is 194 Å². The Bertz CT molecular complexity index is 708. The molecule has 1 aromatic rings. The van der Waals surface area contributed by atoms with Crippen LogP contribution in [-0.4, -0.2) is 12.7 Å². The summed E-state index contributed by atoms with van der Waals surface area (Å²) in [6, 6.07) is 3.53. The molecule has 0 spiro atoms. The van der Waals surface area contributed by atoms with Gasteiger partial charge in [-0.2, -0.15) is 0 Å². The SMILES string of the molecule is CCCCCC1CCC(C2CCC(C3CCC(c4ccc(C)c(F)c4F)CC3)OC2)CC1. The molecule has 180 valence electrons. The molecule has 1 nitrogen and oxygen atoms in total. The van der Waals surface area contributed by atoms with Crippen LogP contribution in [0.3, 0.4) is 0 Å². The maximum atomic E-state index is 14.4. The average molecular weight is 447 g/mol. The van der Waals surface area contributed by atoms with Crippen LogP contribution in [0.1, 0.15) is 114 Å². The maximum absolute atomic E-state index is 14.4. The minimum absolute atomic E-state index is 0.158. The molecular weight excluding hydrogens is 402 g/mol. The van der Waals surface area contributed by atoms with Crippen molar-refractivity contribution in [3.05, 3.63) is 34.9 Å². The van der Waals surface area contributed by atoms with Crippen LogP contribution < -0.4 is 0 Å². The van der Waals surface area contributed by atoms with Gasteiger partial charge in [-0.1, -0.05) is 57.6 Å². The van der Waals surface area contributed by atoms with E-state index < -0.39 is 11.6 Å². The molecule has 2 atom stereocenters. The number of hydrogen-bond donors (Lipinski definition) is 0. The van der Waals surface area contributed by atoms with Crippen LogP contribution in [0.15, 0.2) is 12.1 Å². The Morgan fingerprint density at radius 1 is 0.781 bits per heavy atom. The molecule has 2 saturated carbocycles. The van der Waals surface area contributed by atoms with Gasteiger partial charge >= 0.3 is 0 Å². The van der Waals surface area contributed by atoms with Crippen molar-refractivity contribution in [2.75, 3.05) is 6.61 Å². The van der Waals surface area contributed by atoms with Crippen LogP contribution in [-0.2, 0) is 4.74 Å². The molecule has 4 rings (SSSR count). The quantitative estimate of drug-likeness (QED) is 0.380. The molecule has 1 saturated heterocycles. The van der Waals surface area contributed by atoms with E-state index in [2.05, 4.69) is 6.92 Å². The van der Waals surface area contributed by atoms with E-state index in [1.54, 1.807) is 19.1 Å². The Kier molecular flexibility index (Phi) is 8.65. The molecular formula is C29H44F2O. The van der Waals surface area contributed by atoms with Gasteiger partial charge in [0, 0.05) is 0 Å². The molecule has 0 radical (unpaired) electrons. The molecule has 0 amide bonds. The molecule has 3 fully saturated rings. The van der Waals surface area contributed by atoms with Gasteiger partial charge in [-0.25, -0.2) is 8.78 Å². The molecule has 1 heterocycles. The topological polar surface area (TPSA) is 9.23 Å². The minimum atomic E-state index is -0.665. The minimum Gasteiger partial charge on any atom is -0.378 e. The van der Waals surface area contributed by atoms with Crippen molar-refractivity contribution in [1.29, 1.82) is 0 Å². The highest BCUT2D eigenvalue weighted by molar-refractivity contribution is 5.28. The number of hydrogen-bond acceptors (Lipinski definition) is 1. The predicted molar refractivity (Wildman–Crippen MR) is 128 cm³/mol. The van der Waals surface area contributed by atoms with Crippen molar-refractivity contribution in [3.8, 4) is 0 Å². The number of unbranched alkanes of at least 4 members (excludes halogenated alkanes) is 2. The van der Waals surface area contributed by atoms with Gasteiger partial charge in [-0.3, -0.25) is 0 Å². The fourth-order valence-electron chi connectivity index (χ4n) is 6.95. The van der Waals surface area contributed by atoms with Crippen LogP contribution in [0.2, 0.25) is 0 Å². The van der Waals surface area contributed by atoms with Crippen LogP contribution in [0, 0.1) is 42.2 Å². The molecule has 32 heavy (non-hydrogen) atoms. The van der Waals surface area contributed by atoms with Crippen LogP contribution in [0.4, 0.5) is 8.78 Å². The van der Waals surface area contributed by atoms with Gasteiger partial charge in [0.2, 0.25) is 0 Å². The summed E-state index contributed by atoms with van der Waals surface area (Å²) >= 11 is 0. The second kappa shape index (κ2) is 11.4. The molecule has 0 aromatic heterocycles. The second-order valence-corrected chi connectivity index (χ2v) is 11.2. The lowest BCUT2D eigenvalue weighted by molar-refractivity contribution is -0.0724. The molecule has 1 aliphatic heterocycles. The normalized spacial score (nSPS) is 33.9. The number of aryl methyl sites for hydroxylation is 1. The zero-order valence-electron chi connectivity index (χ0n) is 20.4. The lowest BCUT2D eigenvalue weighted by Gasteiger charge is -2.41. The first kappa shape index (κ1) is 24.2. The van der Waals surface area contributed by atoms with E-state index in [9.17, 15) is 8.78 Å². The van der Waals surface area contributed by atoms with Gasteiger partial charge in [-0.15, -0.1) is 0 Å². The van der Waals surface area contributed by atoms with Crippen molar-refractivity contribution in [3.63, 3.8) is 0 Å². The lowest BCUT2D eigenvalue weighted by atomic mass is 9.71. The van der Waals surface area contributed by atoms with E-state index in [0.717, 1.165) is 50.0 Å². The molecule has 3 aliphatic rings. The zero-order valence-corrected chi connectivity index (χ0v) is 20.4. The number of benzene rings is 1. The van der Waals surface area contributed by atoms with Crippen LogP contribution in [0.5, 0.6) is 0 Å². The van der Waals surface area contributed by atoms with Crippen molar-refractivity contribution in [2.45, 2.75) is 116 Å². The van der Waals surface area contributed by atoms with Gasteiger partial charge in [0.15, 0.2) is 11.6 Å². The fourth-order valence-corrected chi connectivity index (χ4v) is 6.95. The molecule has 0 bridgehead atoms. The Hall–Kier alpha value is -0.960. The molecule has 1 aromatic carbocycles. The van der Waals surface area contributed by atoms with Crippen molar-refractivity contribution in [2.24, 2.45) is 23.7 Å². The monoisotopic (exact) mass is 446 g/mol. The summed E-state index contributed by atoms with van der Waals surface area (Å²) in [5.41, 5.74) is 0.983. The third-order valence-corrected chi connectivity index (χ3v) is 9.16. The summed E-state index contributed by atoms with van der Waals surface area (Å²) in [7, 11) is 0. The third kappa shape index (κ3) is 5.75. The highest BCUT2D eigenvalue weighted by atomic mass is 19.2. The summed E-state index contributed by atoms with van der Waals surface area (Å²) in [6.45, 7) is 4.88. The van der Waals surface area contributed by atoms with Gasteiger partial charge in [0.25, 0.3) is 0 Å². The smallest absolute Gasteiger partial charge is 0.162 e. The zero-order chi connectivity index (χ0) is 22.5. The summed E-state index contributed by atoms with van der Waals surface area (Å²) < 4.78 is 34.9. The van der Waals surface area contributed by atoms with E-state index >= 15 is 0 Å². The largest absolute Gasteiger partial charge is 0.378 e. The van der Waals surface area contributed by atoms with E-state index in [1.807, 2.05) is 0 Å². The maximum Gasteiger partial charge on any atom is 0.162 e. The standard InChI is InChI=1S/C29H44F2O/c1-3-4-5-6-21-8-10-22(11-9-21)25-16-18-27(32-19-25)24-14-12-23(13-15-24)26-17-7-20(2)28(30)29(26)31/h7,17,21-25,27H,3-6,8-16,18-19H2,1-2H3. The van der Waals surface area contributed by atoms with Gasteiger partial charge < -0.3 is 4.74 Å². The summed E-state index contributed by atoms with van der Waals surface area (Å²) in [4.78, 5) is 0. The highest BCUT2D eigenvalue weighted by Crippen LogP contribution is 2.44. The fraction of sp³-hybridized carbons (Fsp3) is 0.793. The lowest BCUT2D eigenvalue weighted by Crippen LogP contribution is -2.37. The average Bonchev–Trinajstić information content (AvgIpc) is 2.84. The van der Waals surface area contributed by atoms with Crippen LogP contribution in [0.25, 0.3) is 0 Å². The second-order valence-electron chi connectivity index (χ2n) is 11.2. The number of halogens is 2. The predicted octanol–water partition coefficient (Wildman–Crippen LogP) is 8.73. The summed E-state index contributed by atoms with van der Waals surface area (Å²) in [6.07, 6.45) is 18.3.